The molecule has 0 amide bonds. The zero-order valence-electron chi connectivity index (χ0n) is 27.3. The minimum atomic E-state index is -0.526. The molecule has 0 aliphatic heterocycles. The molecule has 41 heavy (non-hydrogen) atoms. The van der Waals surface area contributed by atoms with Crippen LogP contribution < -0.4 is 0 Å². The quantitative estimate of drug-likeness (QED) is 0.0991. The van der Waals surface area contributed by atoms with Crippen LogP contribution in [0.15, 0.2) is 30.3 Å². The standard InChI is InChI=1S/C35H56O6/c1-33(2,3)41-30(36)29-23-21-28(22-24-29)27(20-16-12-14-18-26-35(6,7)32(38)40-9)19-15-11-10-13-17-25-34(4,5)31(37)39-8/h19,21-24H,10-18,20,25-26H2,1-9H3/b27-19+. The SMILES string of the molecule is COC(=O)C(C)(C)CCCCCC/C=C(\CCCCCCC(C)(C)C(=O)OC)c1ccc(C(=O)OC(C)(C)C)cc1. The van der Waals surface area contributed by atoms with Gasteiger partial charge in [-0.05, 0) is 110 Å². The van der Waals surface area contributed by atoms with E-state index < -0.39 is 16.4 Å². The number of carbonyl (C=O) groups excluding carboxylic acids is 3. The zero-order chi connectivity index (χ0) is 31.1. The fourth-order valence-corrected chi connectivity index (χ4v) is 4.86. The molecule has 0 fully saturated rings. The minimum absolute atomic E-state index is 0.144. The molecule has 6 heteroatoms. The maximum atomic E-state index is 12.5. The predicted molar refractivity (Wildman–Crippen MR) is 167 cm³/mol. The van der Waals surface area contributed by atoms with Crippen LogP contribution in [-0.4, -0.2) is 37.7 Å². The van der Waals surface area contributed by atoms with Gasteiger partial charge in [-0.15, -0.1) is 0 Å². The Balaban J connectivity index is 2.71. The average Bonchev–Trinajstić information content (AvgIpc) is 2.91. The number of hydrogen-bond donors (Lipinski definition) is 0. The summed E-state index contributed by atoms with van der Waals surface area (Å²) in [5, 5.41) is 0. The lowest BCUT2D eigenvalue weighted by molar-refractivity contribution is -0.151. The summed E-state index contributed by atoms with van der Waals surface area (Å²) >= 11 is 0. The third-order valence-electron chi connectivity index (χ3n) is 7.51. The molecule has 0 bridgehead atoms. The van der Waals surface area contributed by atoms with E-state index in [-0.39, 0.29) is 17.9 Å². The van der Waals surface area contributed by atoms with E-state index in [1.54, 1.807) is 0 Å². The van der Waals surface area contributed by atoms with E-state index >= 15 is 0 Å². The molecule has 0 aliphatic carbocycles. The van der Waals surface area contributed by atoms with Crippen LogP contribution in [0.1, 0.15) is 141 Å². The molecule has 0 aromatic heterocycles. The van der Waals surface area contributed by atoms with Crippen molar-refractivity contribution in [2.75, 3.05) is 14.2 Å². The smallest absolute Gasteiger partial charge is 0.338 e. The molecule has 0 saturated heterocycles. The second-order valence-electron chi connectivity index (χ2n) is 13.4. The van der Waals surface area contributed by atoms with Crippen LogP contribution in [0.5, 0.6) is 0 Å². The van der Waals surface area contributed by atoms with Crippen molar-refractivity contribution >= 4 is 23.5 Å². The van der Waals surface area contributed by atoms with E-state index in [1.807, 2.05) is 72.7 Å². The van der Waals surface area contributed by atoms with E-state index in [2.05, 4.69) is 6.08 Å². The van der Waals surface area contributed by atoms with E-state index in [9.17, 15) is 14.4 Å². The van der Waals surface area contributed by atoms with Gasteiger partial charge in [-0.1, -0.05) is 56.7 Å². The number of carbonyl (C=O) groups is 3. The Morgan fingerprint density at radius 1 is 0.634 bits per heavy atom. The zero-order valence-corrected chi connectivity index (χ0v) is 27.3. The van der Waals surface area contributed by atoms with Crippen LogP contribution in [0.2, 0.25) is 0 Å². The number of esters is 3. The number of ether oxygens (including phenoxy) is 3. The fraction of sp³-hybridized carbons (Fsp3) is 0.686. The molecule has 232 valence electrons. The van der Waals surface area contributed by atoms with Gasteiger partial charge in [-0.2, -0.15) is 0 Å². The van der Waals surface area contributed by atoms with Crippen LogP contribution in [0.25, 0.3) is 5.57 Å². The van der Waals surface area contributed by atoms with Crippen molar-refractivity contribution in [1.82, 2.24) is 0 Å². The molecular weight excluding hydrogens is 516 g/mol. The van der Waals surface area contributed by atoms with Crippen molar-refractivity contribution in [3.05, 3.63) is 41.5 Å². The van der Waals surface area contributed by atoms with Gasteiger partial charge in [0.2, 0.25) is 0 Å². The van der Waals surface area contributed by atoms with Crippen LogP contribution in [0, 0.1) is 10.8 Å². The van der Waals surface area contributed by atoms with Crippen molar-refractivity contribution in [1.29, 1.82) is 0 Å². The molecule has 1 aromatic rings. The Kier molecular flexibility index (Phi) is 15.4. The molecule has 0 aliphatic rings. The van der Waals surface area contributed by atoms with Crippen LogP contribution in [-0.2, 0) is 23.8 Å². The molecule has 0 unspecified atom stereocenters. The topological polar surface area (TPSA) is 78.9 Å². The van der Waals surface area contributed by atoms with Crippen LogP contribution >= 0.6 is 0 Å². The lowest BCUT2D eigenvalue weighted by Crippen LogP contribution is -2.25. The van der Waals surface area contributed by atoms with E-state index in [0.29, 0.717) is 5.56 Å². The molecular formula is C35H56O6. The van der Waals surface area contributed by atoms with Crippen molar-refractivity contribution in [2.45, 2.75) is 131 Å². The number of rotatable bonds is 18. The Labute approximate surface area is 249 Å². The van der Waals surface area contributed by atoms with Gasteiger partial charge in [0.05, 0.1) is 30.6 Å². The number of methoxy groups -OCH3 is 2. The number of benzene rings is 1. The first-order valence-corrected chi connectivity index (χ1v) is 15.3. The van der Waals surface area contributed by atoms with Gasteiger partial charge in [0.25, 0.3) is 0 Å². The maximum absolute atomic E-state index is 12.5. The third-order valence-corrected chi connectivity index (χ3v) is 7.51. The summed E-state index contributed by atoms with van der Waals surface area (Å²) in [4.78, 5) is 36.3. The van der Waals surface area contributed by atoms with Gasteiger partial charge in [0.15, 0.2) is 0 Å². The van der Waals surface area contributed by atoms with Gasteiger partial charge in [-0.3, -0.25) is 9.59 Å². The summed E-state index contributed by atoms with van der Waals surface area (Å²) in [7, 11) is 2.90. The molecule has 0 heterocycles. The lowest BCUT2D eigenvalue weighted by atomic mass is 9.86. The summed E-state index contributed by atoms with van der Waals surface area (Å²) in [5.74, 6) is -0.598. The highest BCUT2D eigenvalue weighted by Gasteiger charge is 2.28. The predicted octanol–water partition coefficient (Wildman–Crippen LogP) is 9.10. The average molecular weight is 573 g/mol. The van der Waals surface area contributed by atoms with Gasteiger partial charge < -0.3 is 14.2 Å². The molecule has 1 aromatic carbocycles. The highest BCUT2D eigenvalue weighted by atomic mass is 16.6. The molecule has 0 saturated carbocycles. The molecule has 0 atom stereocenters. The van der Waals surface area contributed by atoms with E-state index in [0.717, 1.165) is 82.6 Å². The lowest BCUT2D eigenvalue weighted by Gasteiger charge is -2.21. The van der Waals surface area contributed by atoms with Crippen molar-refractivity contribution in [3.63, 3.8) is 0 Å². The molecule has 6 nitrogen and oxygen atoms in total. The molecule has 0 radical (unpaired) electrons. The van der Waals surface area contributed by atoms with Gasteiger partial charge in [0, 0.05) is 0 Å². The van der Waals surface area contributed by atoms with Gasteiger partial charge in [0.1, 0.15) is 5.60 Å². The maximum Gasteiger partial charge on any atom is 0.338 e. The fourth-order valence-electron chi connectivity index (χ4n) is 4.86. The second kappa shape index (κ2) is 17.4. The van der Waals surface area contributed by atoms with Crippen molar-refractivity contribution in [3.8, 4) is 0 Å². The Bertz CT molecular complexity index is 979. The van der Waals surface area contributed by atoms with Crippen molar-refractivity contribution in [2.24, 2.45) is 10.8 Å². The van der Waals surface area contributed by atoms with E-state index in [1.165, 1.54) is 19.8 Å². The first kappa shape index (κ1) is 36.4. The highest BCUT2D eigenvalue weighted by Crippen LogP contribution is 2.28. The summed E-state index contributed by atoms with van der Waals surface area (Å²) in [5.41, 5.74) is 1.62. The summed E-state index contributed by atoms with van der Waals surface area (Å²) in [6.45, 7) is 13.4. The summed E-state index contributed by atoms with van der Waals surface area (Å²) < 4.78 is 15.4. The Hall–Kier alpha value is -2.63. The van der Waals surface area contributed by atoms with Gasteiger partial charge in [-0.25, -0.2) is 4.79 Å². The largest absolute Gasteiger partial charge is 0.469 e. The summed E-state index contributed by atoms with van der Waals surface area (Å²) in [6.07, 6.45) is 14.5. The second-order valence-corrected chi connectivity index (χ2v) is 13.4. The first-order chi connectivity index (χ1) is 19.1. The number of unbranched alkanes of at least 4 members (excludes halogenated alkanes) is 7. The minimum Gasteiger partial charge on any atom is -0.469 e. The molecule has 0 spiro atoms. The third kappa shape index (κ3) is 14.2. The van der Waals surface area contributed by atoms with E-state index in [4.69, 9.17) is 14.2 Å². The molecule has 0 N–H and O–H groups in total. The first-order valence-electron chi connectivity index (χ1n) is 15.3. The van der Waals surface area contributed by atoms with Crippen LogP contribution in [0.4, 0.5) is 0 Å². The summed E-state index contributed by atoms with van der Waals surface area (Å²) in [6, 6.07) is 7.77. The Morgan fingerprint density at radius 2 is 1.07 bits per heavy atom. The monoisotopic (exact) mass is 572 g/mol. The van der Waals surface area contributed by atoms with Crippen molar-refractivity contribution < 1.29 is 28.6 Å². The number of hydrogen-bond acceptors (Lipinski definition) is 6. The normalized spacial score (nSPS) is 12.7. The number of allylic oxidation sites excluding steroid dienone is 2. The van der Waals surface area contributed by atoms with Gasteiger partial charge >= 0.3 is 17.9 Å². The van der Waals surface area contributed by atoms with Crippen LogP contribution in [0.3, 0.4) is 0 Å². The highest BCUT2D eigenvalue weighted by molar-refractivity contribution is 5.90. The Morgan fingerprint density at radius 3 is 1.54 bits per heavy atom. The molecule has 1 rings (SSSR count).